The molecule has 4 aromatic rings. The first-order valence-corrected chi connectivity index (χ1v) is 9.90. The van der Waals surface area contributed by atoms with Gasteiger partial charge in [-0.15, -0.1) is 11.3 Å². The Morgan fingerprint density at radius 3 is 2.54 bits per heavy atom. The number of rotatable bonds is 6. The van der Waals surface area contributed by atoms with Gasteiger partial charge in [0.25, 0.3) is 5.91 Å². The number of benzene rings is 2. The summed E-state index contributed by atoms with van der Waals surface area (Å²) in [7, 11) is 0. The molecule has 0 bridgehead atoms. The van der Waals surface area contributed by atoms with E-state index in [2.05, 4.69) is 10.3 Å². The minimum atomic E-state index is -0.242. The van der Waals surface area contributed by atoms with Gasteiger partial charge in [-0.05, 0) is 35.6 Å². The summed E-state index contributed by atoms with van der Waals surface area (Å²) >= 11 is 1.37. The summed E-state index contributed by atoms with van der Waals surface area (Å²) in [6.45, 7) is 0.468. The van der Waals surface area contributed by atoms with E-state index in [0.717, 1.165) is 16.5 Å². The molecule has 1 amide bonds. The van der Waals surface area contributed by atoms with Gasteiger partial charge in [0.05, 0.1) is 16.0 Å². The highest BCUT2D eigenvalue weighted by atomic mass is 32.1. The van der Waals surface area contributed by atoms with E-state index in [1.807, 2.05) is 41.8 Å². The Balaban J connectivity index is 1.48. The zero-order valence-corrected chi connectivity index (χ0v) is 15.9. The molecule has 0 aliphatic heterocycles. The maximum absolute atomic E-state index is 12.7. The predicted molar refractivity (Wildman–Crippen MR) is 112 cm³/mol. The summed E-state index contributed by atoms with van der Waals surface area (Å²) in [5.74, 6) is -0.368. The number of nitrogens with one attached hydrogen (secondary N) is 1. The van der Waals surface area contributed by atoms with Gasteiger partial charge in [-0.1, -0.05) is 48.5 Å². The van der Waals surface area contributed by atoms with E-state index in [1.165, 1.54) is 11.3 Å². The zero-order valence-electron chi connectivity index (χ0n) is 15.1. The van der Waals surface area contributed by atoms with Crippen molar-refractivity contribution in [3.05, 3.63) is 99.9 Å². The quantitative estimate of drug-likeness (QED) is 0.496. The van der Waals surface area contributed by atoms with E-state index < -0.39 is 0 Å². The van der Waals surface area contributed by atoms with Gasteiger partial charge in [0.15, 0.2) is 0 Å². The predicted octanol–water partition coefficient (Wildman–Crippen LogP) is 4.50. The van der Waals surface area contributed by atoms with E-state index in [9.17, 15) is 9.59 Å². The lowest BCUT2D eigenvalue weighted by molar-refractivity contribution is 0.0943. The summed E-state index contributed by atoms with van der Waals surface area (Å²) in [6.07, 6.45) is 2.44. The first-order chi connectivity index (χ1) is 13.7. The summed E-state index contributed by atoms with van der Waals surface area (Å²) in [5, 5.41) is 5.87. The molecule has 28 heavy (non-hydrogen) atoms. The maximum Gasteiger partial charge on any atom is 0.252 e. The van der Waals surface area contributed by atoms with Crippen molar-refractivity contribution in [1.29, 1.82) is 0 Å². The molecule has 0 fully saturated rings. The van der Waals surface area contributed by atoms with Gasteiger partial charge in [-0.3, -0.25) is 14.6 Å². The van der Waals surface area contributed by atoms with E-state index in [-0.39, 0.29) is 11.7 Å². The SMILES string of the molecule is O=C(NCCc1cccc2cccnc12)c1ccccc1C(=O)c1cccs1. The molecule has 2 heterocycles. The largest absolute Gasteiger partial charge is 0.352 e. The highest BCUT2D eigenvalue weighted by Crippen LogP contribution is 2.19. The average Bonchev–Trinajstić information content (AvgIpc) is 3.28. The fourth-order valence-corrected chi connectivity index (χ4v) is 3.87. The van der Waals surface area contributed by atoms with Crippen molar-refractivity contribution in [2.24, 2.45) is 0 Å². The van der Waals surface area contributed by atoms with Crippen LogP contribution in [0.3, 0.4) is 0 Å². The number of aromatic nitrogens is 1. The highest BCUT2D eigenvalue weighted by Gasteiger charge is 2.18. The van der Waals surface area contributed by atoms with Crippen molar-refractivity contribution in [2.75, 3.05) is 6.54 Å². The second-order valence-electron chi connectivity index (χ2n) is 6.35. The molecule has 0 saturated heterocycles. The monoisotopic (exact) mass is 386 g/mol. The van der Waals surface area contributed by atoms with Crippen LogP contribution in [-0.2, 0) is 6.42 Å². The number of hydrogen-bond acceptors (Lipinski definition) is 4. The maximum atomic E-state index is 12.7. The number of hydrogen-bond donors (Lipinski definition) is 1. The topological polar surface area (TPSA) is 59.1 Å². The summed E-state index contributed by atoms with van der Waals surface area (Å²) in [5.41, 5.74) is 2.86. The lowest BCUT2D eigenvalue weighted by Gasteiger charge is -2.10. The third-order valence-corrected chi connectivity index (χ3v) is 5.43. The molecule has 138 valence electrons. The molecule has 0 unspecified atom stereocenters. The second-order valence-corrected chi connectivity index (χ2v) is 7.30. The van der Waals surface area contributed by atoms with Crippen molar-refractivity contribution in [3.8, 4) is 0 Å². The van der Waals surface area contributed by atoms with Gasteiger partial charge < -0.3 is 5.32 Å². The Morgan fingerprint density at radius 1 is 0.893 bits per heavy atom. The number of carbonyl (C=O) groups excluding carboxylic acids is 2. The summed E-state index contributed by atoms with van der Waals surface area (Å²) in [4.78, 5) is 30.5. The first kappa shape index (κ1) is 18.1. The van der Waals surface area contributed by atoms with E-state index >= 15 is 0 Å². The molecular weight excluding hydrogens is 368 g/mol. The number of nitrogens with zero attached hydrogens (tertiary/aromatic N) is 1. The van der Waals surface area contributed by atoms with Crippen LogP contribution in [0.25, 0.3) is 10.9 Å². The van der Waals surface area contributed by atoms with Crippen molar-refractivity contribution in [2.45, 2.75) is 6.42 Å². The number of fused-ring (bicyclic) bond motifs is 1. The fourth-order valence-electron chi connectivity index (χ4n) is 3.19. The molecule has 5 heteroatoms. The third-order valence-electron chi connectivity index (χ3n) is 4.56. The Hall–Kier alpha value is -3.31. The minimum Gasteiger partial charge on any atom is -0.352 e. The molecule has 0 spiro atoms. The van der Waals surface area contributed by atoms with Crippen LogP contribution in [0.5, 0.6) is 0 Å². The highest BCUT2D eigenvalue weighted by molar-refractivity contribution is 7.12. The standard InChI is InChI=1S/C23H18N2O2S/c26-22(20-11-5-15-28-20)18-9-1-2-10-19(18)23(27)25-14-12-17-7-3-6-16-8-4-13-24-21(16)17/h1-11,13,15H,12,14H2,(H,25,27). The van der Waals surface area contributed by atoms with Gasteiger partial charge in [0.1, 0.15) is 0 Å². The number of carbonyl (C=O) groups is 2. The number of amides is 1. The van der Waals surface area contributed by atoms with Crippen LogP contribution < -0.4 is 5.32 Å². The van der Waals surface area contributed by atoms with Gasteiger partial charge in [0.2, 0.25) is 5.78 Å². The lowest BCUT2D eigenvalue weighted by Crippen LogP contribution is -2.27. The fraction of sp³-hybridized carbons (Fsp3) is 0.0870. The van der Waals surface area contributed by atoms with Crippen LogP contribution >= 0.6 is 11.3 Å². The van der Waals surface area contributed by atoms with Crippen molar-refractivity contribution < 1.29 is 9.59 Å². The van der Waals surface area contributed by atoms with Crippen LogP contribution in [0.1, 0.15) is 31.2 Å². The first-order valence-electron chi connectivity index (χ1n) is 9.02. The lowest BCUT2D eigenvalue weighted by atomic mass is 10.0. The molecule has 0 radical (unpaired) electrons. The minimum absolute atomic E-state index is 0.126. The Morgan fingerprint density at radius 2 is 1.71 bits per heavy atom. The number of pyridine rings is 1. The van der Waals surface area contributed by atoms with Crippen LogP contribution in [0.4, 0.5) is 0 Å². The molecule has 4 rings (SSSR count). The molecule has 0 aliphatic carbocycles. The van der Waals surface area contributed by atoms with Gasteiger partial charge in [-0.25, -0.2) is 0 Å². The number of ketones is 1. The molecule has 1 N–H and O–H groups in total. The number of thiophene rings is 1. The van der Waals surface area contributed by atoms with Crippen molar-refractivity contribution in [1.82, 2.24) is 10.3 Å². The van der Waals surface area contributed by atoms with E-state index in [0.29, 0.717) is 29.0 Å². The summed E-state index contributed by atoms with van der Waals surface area (Å²) in [6, 6.07) is 20.5. The molecule has 0 atom stereocenters. The Bertz CT molecular complexity index is 1130. The van der Waals surface area contributed by atoms with Crippen molar-refractivity contribution >= 4 is 33.9 Å². The summed E-state index contributed by atoms with van der Waals surface area (Å²) < 4.78 is 0. The van der Waals surface area contributed by atoms with Gasteiger partial charge >= 0.3 is 0 Å². The van der Waals surface area contributed by atoms with Crippen LogP contribution in [0, 0.1) is 0 Å². The Kier molecular flexibility index (Phi) is 5.26. The molecule has 0 aliphatic rings. The van der Waals surface area contributed by atoms with E-state index in [1.54, 1.807) is 36.5 Å². The second kappa shape index (κ2) is 8.15. The number of para-hydroxylation sites is 1. The molecular formula is C23H18N2O2S. The van der Waals surface area contributed by atoms with Crippen molar-refractivity contribution in [3.63, 3.8) is 0 Å². The van der Waals surface area contributed by atoms with E-state index in [4.69, 9.17) is 0 Å². The molecule has 4 nitrogen and oxygen atoms in total. The zero-order chi connectivity index (χ0) is 19.3. The normalized spacial score (nSPS) is 10.7. The third kappa shape index (κ3) is 3.70. The molecule has 2 aromatic carbocycles. The van der Waals surface area contributed by atoms with Crippen LogP contribution in [0.2, 0.25) is 0 Å². The smallest absolute Gasteiger partial charge is 0.252 e. The van der Waals surface area contributed by atoms with Crippen LogP contribution in [-0.4, -0.2) is 23.2 Å². The van der Waals surface area contributed by atoms with Gasteiger partial charge in [-0.2, -0.15) is 0 Å². The Labute approximate surface area is 166 Å². The van der Waals surface area contributed by atoms with Crippen LogP contribution in [0.15, 0.2) is 78.3 Å². The van der Waals surface area contributed by atoms with Gasteiger partial charge in [0, 0.05) is 23.7 Å². The average molecular weight is 386 g/mol. The molecule has 0 saturated carbocycles. The molecule has 2 aromatic heterocycles.